The van der Waals surface area contributed by atoms with E-state index >= 15 is 0 Å². The van der Waals surface area contributed by atoms with Gasteiger partial charge >= 0.3 is 5.97 Å². The number of carbonyl (C=O) groups is 2. The molecule has 0 spiro atoms. The molecule has 0 saturated heterocycles. The summed E-state index contributed by atoms with van der Waals surface area (Å²) in [5.74, 6) is -4.69. The molecule has 0 heterocycles. The summed E-state index contributed by atoms with van der Waals surface area (Å²) < 4.78 is 0. The fraction of sp³-hybridized carbons (Fsp3) is 0.300. The van der Waals surface area contributed by atoms with Crippen LogP contribution in [0.2, 0.25) is 0 Å². The molecular formula is C20H21O8-. The van der Waals surface area contributed by atoms with Gasteiger partial charge in [0.1, 0.15) is 0 Å². The third-order valence-electron chi connectivity index (χ3n) is 5.34. The van der Waals surface area contributed by atoms with Crippen LogP contribution in [0.5, 0.6) is 23.0 Å². The molecule has 0 amide bonds. The van der Waals surface area contributed by atoms with Crippen LogP contribution in [0, 0.1) is 10.8 Å². The second-order valence-electron chi connectivity index (χ2n) is 7.26. The van der Waals surface area contributed by atoms with E-state index in [1.165, 1.54) is 44.2 Å². The molecule has 0 saturated carbocycles. The molecule has 8 nitrogen and oxygen atoms in total. The first-order chi connectivity index (χ1) is 12.9. The van der Waals surface area contributed by atoms with Crippen molar-refractivity contribution >= 4 is 11.9 Å². The maximum absolute atomic E-state index is 12.1. The molecular weight excluding hydrogens is 368 g/mol. The number of phenolic OH excluding ortho intramolecular Hbond substituents is 4. The van der Waals surface area contributed by atoms with E-state index in [1.54, 1.807) is 0 Å². The number of hydrogen-bond acceptors (Lipinski definition) is 7. The molecule has 0 aromatic heterocycles. The third kappa shape index (κ3) is 3.66. The Labute approximate surface area is 160 Å². The number of rotatable bonds is 7. The van der Waals surface area contributed by atoms with Gasteiger partial charge in [0.05, 0.1) is 5.41 Å². The van der Waals surface area contributed by atoms with Crippen LogP contribution in [0.3, 0.4) is 0 Å². The monoisotopic (exact) mass is 389 g/mol. The van der Waals surface area contributed by atoms with Crippen molar-refractivity contribution in [2.45, 2.75) is 26.7 Å². The zero-order valence-electron chi connectivity index (χ0n) is 15.3. The van der Waals surface area contributed by atoms with Crippen LogP contribution in [0.4, 0.5) is 0 Å². The molecule has 28 heavy (non-hydrogen) atoms. The fourth-order valence-electron chi connectivity index (χ4n) is 3.17. The summed E-state index contributed by atoms with van der Waals surface area (Å²) in [4.78, 5) is 24.2. The summed E-state index contributed by atoms with van der Waals surface area (Å²) >= 11 is 0. The highest BCUT2D eigenvalue weighted by Crippen LogP contribution is 2.45. The first kappa shape index (κ1) is 20.9. The largest absolute Gasteiger partial charge is 0.550 e. The maximum Gasteiger partial charge on any atom is 0.310 e. The second kappa shape index (κ2) is 7.30. The van der Waals surface area contributed by atoms with Gasteiger partial charge in [-0.25, -0.2) is 0 Å². The van der Waals surface area contributed by atoms with Crippen molar-refractivity contribution in [2.24, 2.45) is 10.8 Å². The number of phenols is 4. The summed E-state index contributed by atoms with van der Waals surface area (Å²) in [6, 6.07) is 7.45. The highest BCUT2D eigenvalue weighted by atomic mass is 16.4. The van der Waals surface area contributed by atoms with Crippen molar-refractivity contribution in [1.82, 2.24) is 0 Å². The van der Waals surface area contributed by atoms with E-state index in [2.05, 4.69) is 0 Å². The van der Waals surface area contributed by atoms with E-state index in [1.807, 2.05) is 0 Å². The molecule has 0 aliphatic carbocycles. The first-order valence-electron chi connectivity index (χ1n) is 8.37. The van der Waals surface area contributed by atoms with Gasteiger partial charge in [-0.15, -0.1) is 0 Å². The Hall–Kier alpha value is -3.42. The number of carboxylic acids is 2. The third-order valence-corrected chi connectivity index (χ3v) is 5.34. The molecule has 150 valence electrons. The fourth-order valence-corrected chi connectivity index (χ4v) is 3.17. The van der Waals surface area contributed by atoms with E-state index in [0.29, 0.717) is 11.1 Å². The summed E-state index contributed by atoms with van der Waals surface area (Å²) in [6.07, 6.45) is -0.569. The topological polar surface area (TPSA) is 158 Å². The maximum atomic E-state index is 12.1. The Kier molecular flexibility index (Phi) is 5.45. The van der Waals surface area contributed by atoms with Gasteiger partial charge in [-0.3, -0.25) is 4.79 Å². The number of carboxylic acid groups (broad SMARTS) is 2. The van der Waals surface area contributed by atoms with Crippen molar-refractivity contribution in [3.63, 3.8) is 0 Å². The lowest BCUT2D eigenvalue weighted by molar-refractivity contribution is -0.324. The van der Waals surface area contributed by atoms with Crippen LogP contribution >= 0.6 is 0 Å². The normalized spacial score (nSPS) is 15.4. The van der Waals surface area contributed by atoms with Gasteiger partial charge in [0, 0.05) is 11.4 Å². The van der Waals surface area contributed by atoms with Gasteiger partial charge in [0.25, 0.3) is 0 Å². The average molecular weight is 389 g/mol. The molecule has 2 unspecified atom stereocenters. The first-order valence-corrected chi connectivity index (χ1v) is 8.37. The van der Waals surface area contributed by atoms with Gasteiger partial charge in [0.15, 0.2) is 23.0 Å². The number of benzene rings is 2. The summed E-state index contributed by atoms with van der Waals surface area (Å²) in [5, 5.41) is 60.1. The van der Waals surface area contributed by atoms with Crippen LogP contribution in [0.1, 0.15) is 25.0 Å². The Bertz CT molecular complexity index is 847. The molecule has 0 aliphatic rings. The van der Waals surface area contributed by atoms with Crippen LogP contribution in [-0.2, 0) is 22.4 Å². The second-order valence-corrected chi connectivity index (χ2v) is 7.26. The Balaban J connectivity index is 2.52. The zero-order chi connectivity index (χ0) is 21.3. The van der Waals surface area contributed by atoms with Crippen LogP contribution in [-0.4, -0.2) is 37.5 Å². The van der Waals surface area contributed by atoms with E-state index in [9.17, 15) is 40.2 Å². The summed E-state index contributed by atoms with van der Waals surface area (Å²) in [5.41, 5.74) is -3.19. The average Bonchev–Trinajstić information content (AvgIpc) is 2.60. The lowest BCUT2D eigenvalue weighted by Crippen LogP contribution is -2.56. The Morgan fingerprint density at radius 2 is 1.18 bits per heavy atom. The predicted octanol–water partition coefficient (Wildman–Crippen LogP) is 1.14. The number of aliphatic carboxylic acids is 2. The van der Waals surface area contributed by atoms with E-state index in [-0.39, 0.29) is 24.3 Å². The summed E-state index contributed by atoms with van der Waals surface area (Å²) in [6.45, 7) is 2.50. The zero-order valence-corrected chi connectivity index (χ0v) is 15.3. The number of aromatic hydroxyl groups is 4. The molecule has 2 aromatic rings. The highest BCUT2D eigenvalue weighted by Gasteiger charge is 2.51. The number of hydrogen-bond donors (Lipinski definition) is 5. The number of carbonyl (C=O) groups excluding carboxylic acids is 1. The lowest BCUT2D eigenvalue weighted by atomic mass is 9.60. The van der Waals surface area contributed by atoms with Crippen LogP contribution in [0.15, 0.2) is 36.4 Å². The van der Waals surface area contributed by atoms with Gasteiger partial charge < -0.3 is 35.4 Å². The SMILES string of the molecule is CC(Cc1ccc(O)c(O)c1)(C(=O)[O-])C(C)(Cc1ccc(O)c(O)c1)C(=O)O. The van der Waals surface area contributed by atoms with E-state index < -0.39 is 34.3 Å². The minimum Gasteiger partial charge on any atom is -0.550 e. The molecule has 0 bridgehead atoms. The van der Waals surface area contributed by atoms with Gasteiger partial charge in [0.2, 0.25) is 0 Å². The van der Waals surface area contributed by atoms with E-state index in [0.717, 1.165) is 6.07 Å². The van der Waals surface area contributed by atoms with Crippen molar-refractivity contribution in [3.05, 3.63) is 47.5 Å². The van der Waals surface area contributed by atoms with Crippen LogP contribution < -0.4 is 5.11 Å². The van der Waals surface area contributed by atoms with Gasteiger partial charge in [-0.1, -0.05) is 19.1 Å². The molecule has 2 aromatic carbocycles. The molecule has 2 atom stereocenters. The molecule has 5 N–H and O–H groups in total. The van der Waals surface area contributed by atoms with Gasteiger partial charge in [-0.05, 0) is 55.2 Å². The summed E-state index contributed by atoms with van der Waals surface area (Å²) in [7, 11) is 0. The lowest BCUT2D eigenvalue weighted by Gasteiger charge is -2.44. The highest BCUT2D eigenvalue weighted by molar-refractivity contribution is 5.85. The van der Waals surface area contributed by atoms with Crippen molar-refractivity contribution < 1.29 is 40.2 Å². The smallest absolute Gasteiger partial charge is 0.310 e. The minimum atomic E-state index is -1.92. The van der Waals surface area contributed by atoms with E-state index in [4.69, 9.17) is 0 Å². The molecule has 2 rings (SSSR count). The molecule has 0 aliphatic heterocycles. The van der Waals surface area contributed by atoms with Crippen LogP contribution in [0.25, 0.3) is 0 Å². The minimum absolute atomic E-state index is 0.273. The molecule has 8 heteroatoms. The molecule has 0 radical (unpaired) electrons. The molecule has 0 fully saturated rings. The van der Waals surface area contributed by atoms with Crippen molar-refractivity contribution in [1.29, 1.82) is 0 Å². The standard InChI is InChI=1S/C20H22O8/c1-19(17(25)26,9-11-3-5-13(21)15(23)7-11)20(2,18(27)28)10-12-4-6-14(22)16(24)8-12/h3-8,21-24H,9-10H2,1-2H3,(H,25,26)(H,27,28)/p-1. The van der Waals surface area contributed by atoms with Crippen molar-refractivity contribution in [2.75, 3.05) is 0 Å². The van der Waals surface area contributed by atoms with Gasteiger partial charge in [-0.2, -0.15) is 0 Å². The Morgan fingerprint density at radius 3 is 1.50 bits per heavy atom. The Morgan fingerprint density at radius 1 is 0.786 bits per heavy atom. The predicted molar refractivity (Wildman–Crippen MR) is 95.8 cm³/mol. The van der Waals surface area contributed by atoms with Crippen molar-refractivity contribution in [3.8, 4) is 23.0 Å². The quantitative estimate of drug-likeness (QED) is 0.441.